The number of nitrogens with zero attached hydrogens (tertiary/aromatic N) is 2. The van der Waals surface area contributed by atoms with E-state index in [-0.39, 0.29) is 5.56 Å². The largest absolute Gasteiger partial charge is 0.478 e. The van der Waals surface area contributed by atoms with Crippen LogP contribution in [0.2, 0.25) is 0 Å². The Morgan fingerprint density at radius 3 is 1.53 bits per heavy atom. The highest BCUT2D eigenvalue weighted by molar-refractivity contribution is 5.87. The number of aromatic carboxylic acids is 1. The Kier molecular flexibility index (Phi) is 5.30. The van der Waals surface area contributed by atoms with Crippen LogP contribution in [-0.2, 0) is 4.79 Å². The number of carboxylic acids is 1. The zero-order valence-electron chi connectivity index (χ0n) is 15.9. The highest BCUT2D eigenvalue weighted by atomic mass is 16.5. The van der Waals surface area contributed by atoms with Crippen LogP contribution in [0, 0.1) is 0 Å². The molecule has 30 heavy (non-hydrogen) atoms. The molecule has 0 radical (unpaired) electrons. The number of hydrogen-bond donors (Lipinski definition) is 1. The van der Waals surface area contributed by atoms with E-state index in [1.807, 2.05) is 70.3 Å². The van der Waals surface area contributed by atoms with E-state index in [1.165, 1.54) is 0 Å². The Labute approximate surface area is 172 Å². The molecular formula is C24H18N2O4+2. The van der Waals surface area contributed by atoms with E-state index >= 15 is 0 Å². The molecule has 146 valence electrons. The van der Waals surface area contributed by atoms with E-state index in [1.54, 1.807) is 36.4 Å². The first-order valence-electron chi connectivity index (χ1n) is 9.21. The van der Waals surface area contributed by atoms with Crippen molar-refractivity contribution in [1.82, 2.24) is 0 Å². The third-order valence-electron chi connectivity index (χ3n) is 4.72. The average Bonchev–Trinajstić information content (AvgIpc) is 2.80. The van der Waals surface area contributed by atoms with Crippen molar-refractivity contribution in [1.29, 1.82) is 0 Å². The lowest BCUT2D eigenvalue weighted by atomic mass is 10.1. The van der Waals surface area contributed by atoms with Crippen LogP contribution in [0.15, 0.2) is 97.6 Å². The normalized spacial score (nSPS) is 10.4. The summed E-state index contributed by atoms with van der Waals surface area (Å²) in [6.07, 6.45) is 7.82. The molecule has 0 bridgehead atoms. The van der Waals surface area contributed by atoms with E-state index in [4.69, 9.17) is 9.84 Å². The van der Waals surface area contributed by atoms with Crippen LogP contribution in [0.25, 0.3) is 22.5 Å². The summed E-state index contributed by atoms with van der Waals surface area (Å²) < 4.78 is 8.72. The van der Waals surface area contributed by atoms with Gasteiger partial charge in [0.25, 0.3) is 6.47 Å². The highest BCUT2D eigenvalue weighted by Crippen LogP contribution is 2.17. The van der Waals surface area contributed by atoms with Crippen LogP contribution in [0.5, 0.6) is 5.75 Å². The van der Waals surface area contributed by atoms with Gasteiger partial charge in [-0.2, -0.15) is 9.13 Å². The SMILES string of the molecule is O=COc1ccc(-[n+]2ccc(-c3cc[n+](-c4ccc(C(=O)O)cc4)cc3)cc2)cc1. The number of rotatable bonds is 6. The van der Waals surface area contributed by atoms with Gasteiger partial charge in [0.2, 0.25) is 11.4 Å². The molecule has 0 atom stereocenters. The second-order valence-electron chi connectivity index (χ2n) is 6.55. The Balaban J connectivity index is 1.51. The van der Waals surface area contributed by atoms with Crippen molar-refractivity contribution in [3.63, 3.8) is 0 Å². The molecule has 0 aliphatic carbocycles. The van der Waals surface area contributed by atoms with Gasteiger partial charge in [0.1, 0.15) is 5.75 Å². The molecule has 0 saturated carbocycles. The minimum atomic E-state index is -0.937. The van der Waals surface area contributed by atoms with Crippen LogP contribution < -0.4 is 13.9 Å². The predicted octanol–water partition coefficient (Wildman–Crippen LogP) is 3.14. The molecule has 0 unspecified atom stereocenters. The van der Waals surface area contributed by atoms with Gasteiger partial charge in [0.15, 0.2) is 24.8 Å². The molecule has 2 aromatic carbocycles. The standard InChI is InChI=1S/C24H17N2O4/c27-17-30-23-7-5-22(6-8-23)26-15-11-19(12-16-26)18-9-13-25(14-10-18)21-3-1-20(2-4-21)24(28)29/h1-17H/q+1/p+1. The molecule has 2 heterocycles. The molecule has 2 aromatic heterocycles. The Hall–Kier alpha value is -4.32. The molecule has 1 N–H and O–H groups in total. The smallest absolute Gasteiger partial charge is 0.335 e. The lowest BCUT2D eigenvalue weighted by molar-refractivity contribution is -0.596. The summed E-state index contributed by atoms with van der Waals surface area (Å²) in [5.41, 5.74) is 4.24. The third-order valence-corrected chi connectivity index (χ3v) is 4.72. The van der Waals surface area contributed by atoms with Crippen LogP contribution in [0.1, 0.15) is 10.4 Å². The van der Waals surface area contributed by atoms with Crippen molar-refractivity contribution in [2.75, 3.05) is 0 Å². The average molecular weight is 398 g/mol. The monoisotopic (exact) mass is 398 g/mol. The number of ether oxygens (including phenoxy) is 1. The minimum absolute atomic E-state index is 0.263. The van der Waals surface area contributed by atoms with E-state index in [0.29, 0.717) is 12.2 Å². The Bertz CT molecular complexity index is 1170. The molecule has 6 nitrogen and oxygen atoms in total. The van der Waals surface area contributed by atoms with Gasteiger partial charge in [0.05, 0.1) is 5.56 Å². The lowest BCUT2D eigenvalue weighted by Crippen LogP contribution is -2.29. The number of carboxylic acid groups (broad SMARTS) is 1. The summed E-state index contributed by atoms with van der Waals surface area (Å²) >= 11 is 0. The molecule has 0 aliphatic rings. The van der Waals surface area contributed by atoms with E-state index in [0.717, 1.165) is 22.5 Å². The number of benzene rings is 2. The number of carbonyl (C=O) groups excluding carboxylic acids is 1. The molecule has 4 rings (SSSR count). The van der Waals surface area contributed by atoms with E-state index in [9.17, 15) is 9.59 Å². The molecular weight excluding hydrogens is 380 g/mol. The summed E-state index contributed by atoms with van der Waals surface area (Å²) in [7, 11) is 0. The number of pyridine rings is 2. The third kappa shape index (κ3) is 4.07. The zero-order chi connectivity index (χ0) is 20.9. The van der Waals surface area contributed by atoms with Crippen LogP contribution in [0.4, 0.5) is 0 Å². The van der Waals surface area contributed by atoms with Crippen LogP contribution in [-0.4, -0.2) is 17.5 Å². The fraction of sp³-hybridized carbons (Fsp3) is 0. The van der Waals surface area contributed by atoms with Gasteiger partial charge in [0, 0.05) is 48.5 Å². The van der Waals surface area contributed by atoms with Crippen molar-refractivity contribution < 1.29 is 28.6 Å². The van der Waals surface area contributed by atoms with Crippen molar-refractivity contribution in [3.8, 4) is 28.3 Å². The molecule has 0 fully saturated rings. The van der Waals surface area contributed by atoms with Gasteiger partial charge in [-0.1, -0.05) is 0 Å². The predicted molar refractivity (Wildman–Crippen MR) is 109 cm³/mol. The highest BCUT2D eigenvalue weighted by Gasteiger charge is 2.11. The fourth-order valence-electron chi connectivity index (χ4n) is 3.11. The zero-order valence-corrected chi connectivity index (χ0v) is 15.9. The first kappa shape index (κ1) is 19.0. The maximum Gasteiger partial charge on any atom is 0.335 e. The van der Waals surface area contributed by atoms with Gasteiger partial charge in [-0.25, -0.2) is 4.79 Å². The van der Waals surface area contributed by atoms with Gasteiger partial charge in [-0.15, -0.1) is 0 Å². The van der Waals surface area contributed by atoms with Crippen LogP contribution in [0.3, 0.4) is 0 Å². The maximum atomic E-state index is 11.0. The second-order valence-corrected chi connectivity index (χ2v) is 6.55. The van der Waals surface area contributed by atoms with E-state index < -0.39 is 5.97 Å². The van der Waals surface area contributed by atoms with Gasteiger partial charge >= 0.3 is 5.97 Å². The molecule has 0 saturated heterocycles. The quantitative estimate of drug-likeness (QED) is 0.400. The van der Waals surface area contributed by atoms with Crippen molar-refractivity contribution in [2.45, 2.75) is 0 Å². The summed E-state index contributed by atoms with van der Waals surface area (Å²) in [6, 6.07) is 22.0. The summed E-state index contributed by atoms with van der Waals surface area (Å²) in [5.74, 6) is -0.436. The minimum Gasteiger partial charge on any atom is -0.478 e. The van der Waals surface area contributed by atoms with Crippen molar-refractivity contribution in [3.05, 3.63) is 103 Å². The fourth-order valence-corrected chi connectivity index (χ4v) is 3.11. The second kappa shape index (κ2) is 8.36. The van der Waals surface area contributed by atoms with Crippen molar-refractivity contribution >= 4 is 12.4 Å². The molecule has 6 heteroatoms. The van der Waals surface area contributed by atoms with E-state index in [2.05, 4.69) is 0 Å². The van der Waals surface area contributed by atoms with Gasteiger partial charge < -0.3 is 9.84 Å². The van der Waals surface area contributed by atoms with Gasteiger partial charge in [-0.3, -0.25) is 4.79 Å². The Morgan fingerprint density at radius 2 is 1.13 bits per heavy atom. The topological polar surface area (TPSA) is 71.4 Å². The number of aromatic nitrogens is 2. The first-order chi connectivity index (χ1) is 14.6. The lowest BCUT2D eigenvalue weighted by Gasteiger charge is -2.02. The van der Waals surface area contributed by atoms with Crippen LogP contribution >= 0.6 is 0 Å². The Morgan fingerprint density at radius 1 is 0.700 bits per heavy atom. The van der Waals surface area contributed by atoms with Crippen molar-refractivity contribution in [2.24, 2.45) is 0 Å². The molecule has 0 aliphatic heterocycles. The first-order valence-corrected chi connectivity index (χ1v) is 9.21. The number of carbonyl (C=O) groups is 2. The summed E-state index contributed by atoms with van der Waals surface area (Å²) in [6.45, 7) is 0.408. The molecule has 4 aromatic rings. The molecule has 0 spiro atoms. The summed E-state index contributed by atoms with van der Waals surface area (Å²) in [5, 5.41) is 9.01. The van der Waals surface area contributed by atoms with Gasteiger partial charge in [-0.05, 0) is 35.4 Å². The number of hydrogen-bond acceptors (Lipinski definition) is 3. The molecule has 0 amide bonds. The summed E-state index contributed by atoms with van der Waals surface area (Å²) in [4.78, 5) is 21.4. The maximum absolute atomic E-state index is 11.0.